The first kappa shape index (κ1) is 20.7. The van der Waals surface area contributed by atoms with Crippen molar-refractivity contribution in [3.8, 4) is 6.07 Å². The molecular weight excluding hydrogens is 387 g/mol. The lowest BCUT2D eigenvalue weighted by atomic mass is 10.2. The summed E-state index contributed by atoms with van der Waals surface area (Å²) in [4.78, 5) is 26.2. The monoisotopic (exact) mass is 404 g/mol. The van der Waals surface area contributed by atoms with E-state index >= 15 is 0 Å². The van der Waals surface area contributed by atoms with Crippen LogP contribution in [0.1, 0.15) is 12.5 Å². The number of halogens is 2. The SMILES string of the molecule is C[C@@H](C(=O)Nc1cccc(C#N)c1)N(C)CC(=O)Nc1ccc(Cl)c(Cl)c1. The maximum atomic E-state index is 12.4. The Hall–Kier alpha value is -2.59. The fourth-order valence-electron chi connectivity index (χ4n) is 2.25. The van der Waals surface area contributed by atoms with Crippen molar-refractivity contribution in [2.75, 3.05) is 24.2 Å². The number of benzene rings is 2. The quantitative estimate of drug-likeness (QED) is 0.767. The highest BCUT2D eigenvalue weighted by Crippen LogP contribution is 2.25. The smallest absolute Gasteiger partial charge is 0.241 e. The van der Waals surface area contributed by atoms with Gasteiger partial charge in [0, 0.05) is 11.4 Å². The van der Waals surface area contributed by atoms with Crippen LogP contribution in [0.5, 0.6) is 0 Å². The van der Waals surface area contributed by atoms with Crippen molar-refractivity contribution in [1.82, 2.24) is 4.90 Å². The van der Waals surface area contributed by atoms with E-state index in [0.29, 0.717) is 27.0 Å². The van der Waals surface area contributed by atoms with E-state index in [0.717, 1.165) is 0 Å². The number of anilines is 2. The molecule has 2 amide bonds. The van der Waals surface area contributed by atoms with Crippen LogP contribution >= 0.6 is 23.2 Å². The summed E-state index contributed by atoms with van der Waals surface area (Å²) >= 11 is 11.8. The van der Waals surface area contributed by atoms with Crippen molar-refractivity contribution in [2.24, 2.45) is 0 Å². The van der Waals surface area contributed by atoms with Crippen LogP contribution in [0.3, 0.4) is 0 Å². The highest BCUT2D eigenvalue weighted by molar-refractivity contribution is 6.42. The molecule has 2 rings (SSSR count). The molecule has 8 heteroatoms. The summed E-state index contributed by atoms with van der Waals surface area (Å²) in [6.45, 7) is 1.70. The molecule has 0 aliphatic heterocycles. The predicted octanol–water partition coefficient (Wildman–Crippen LogP) is 3.76. The second kappa shape index (κ2) is 9.38. The van der Waals surface area contributed by atoms with E-state index in [2.05, 4.69) is 10.6 Å². The van der Waals surface area contributed by atoms with Crippen molar-refractivity contribution >= 4 is 46.4 Å². The summed E-state index contributed by atoms with van der Waals surface area (Å²) in [6, 6.07) is 12.9. The van der Waals surface area contributed by atoms with Gasteiger partial charge < -0.3 is 10.6 Å². The number of rotatable bonds is 6. The maximum absolute atomic E-state index is 12.4. The number of carbonyl (C=O) groups is 2. The van der Waals surface area contributed by atoms with Crippen molar-refractivity contribution in [3.05, 3.63) is 58.1 Å². The number of nitriles is 1. The number of hydrogen-bond donors (Lipinski definition) is 2. The van der Waals surface area contributed by atoms with Gasteiger partial charge in [-0.1, -0.05) is 29.3 Å². The van der Waals surface area contributed by atoms with E-state index in [1.165, 1.54) is 0 Å². The Morgan fingerprint density at radius 1 is 1.11 bits per heavy atom. The fourth-order valence-corrected chi connectivity index (χ4v) is 2.55. The topological polar surface area (TPSA) is 85.2 Å². The Labute approximate surface area is 167 Å². The van der Waals surface area contributed by atoms with E-state index in [1.807, 2.05) is 6.07 Å². The van der Waals surface area contributed by atoms with E-state index in [1.54, 1.807) is 61.3 Å². The standard InChI is InChI=1S/C19H18Cl2N4O2/c1-12(19(27)24-14-5-3-4-13(8-14)10-22)25(2)11-18(26)23-15-6-7-16(20)17(21)9-15/h3-9,12H,11H2,1-2H3,(H,23,26)(H,24,27)/t12-/m0/s1. The first-order valence-electron chi connectivity index (χ1n) is 8.06. The Balaban J connectivity index is 1.92. The van der Waals surface area contributed by atoms with Crippen LogP contribution < -0.4 is 10.6 Å². The van der Waals surface area contributed by atoms with Gasteiger partial charge in [-0.05, 0) is 50.4 Å². The molecule has 2 aromatic carbocycles. The van der Waals surface area contributed by atoms with Gasteiger partial charge in [-0.25, -0.2) is 0 Å². The summed E-state index contributed by atoms with van der Waals surface area (Å²) < 4.78 is 0. The van der Waals surface area contributed by atoms with E-state index in [4.69, 9.17) is 28.5 Å². The van der Waals surface area contributed by atoms with Crippen LogP contribution in [0, 0.1) is 11.3 Å². The molecule has 0 heterocycles. The fraction of sp³-hybridized carbons (Fsp3) is 0.211. The zero-order valence-corrected chi connectivity index (χ0v) is 16.3. The van der Waals surface area contributed by atoms with Gasteiger partial charge in [0.05, 0.1) is 34.3 Å². The summed E-state index contributed by atoms with van der Waals surface area (Å²) in [5, 5.41) is 15.1. The number of nitrogens with zero attached hydrogens (tertiary/aromatic N) is 2. The molecule has 0 fully saturated rings. The second-order valence-electron chi connectivity index (χ2n) is 5.95. The average molecular weight is 405 g/mol. The highest BCUT2D eigenvalue weighted by atomic mass is 35.5. The minimum atomic E-state index is -0.560. The minimum Gasteiger partial charge on any atom is -0.325 e. The van der Waals surface area contributed by atoms with Crippen LogP contribution in [0.2, 0.25) is 10.0 Å². The Kier molecular flexibility index (Phi) is 7.19. The molecular formula is C19H18Cl2N4O2. The molecule has 0 radical (unpaired) electrons. The molecule has 6 nitrogen and oxygen atoms in total. The number of nitrogens with one attached hydrogen (secondary N) is 2. The third-order valence-electron chi connectivity index (χ3n) is 3.90. The zero-order valence-electron chi connectivity index (χ0n) is 14.8. The van der Waals surface area contributed by atoms with Crippen molar-refractivity contribution in [2.45, 2.75) is 13.0 Å². The van der Waals surface area contributed by atoms with Crippen molar-refractivity contribution < 1.29 is 9.59 Å². The van der Waals surface area contributed by atoms with E-state index in [9.17, 15) is 9.59 Å². The van der Waals surface area contributed by atoms with Crippen molar-refractivity contribution in [1.29, 1.82) is 5.26 Å². The summed E-state index contributed by atoms with van der Waals surface area (Å²) in [6.07, 6.45) is 0. The summed E-state index contributed by atoms with van der Waals surface area (Å²) in [7, 11) is 1.67. The first-order valence-corrected chi connectivity index (χ1v) is 8.82. The molecule has 2 N–H and O–H groups in total. The maximum Gasteiger partial charge on any atom is 0.241 e. The molecule has 0 spiro atoms. The van der Waals surface area contributed by atoms with Gasteiger partial charge >= 0.3 is 0 Å². The Morgan fingerprint density at radius 2 is 1.81 bits per heavy atom. The normalized spacial score (nSPS) is 11.6. The number of likely N-dealkylation sites (N-methyl/N-ethyl adjacent to an activating group) is 1. The van der Waals surface area contributed by atoms with Gasteiger partial charge in [-0.2, -0.15) is 5.26 Å². The van der Waals surface area contributed by atoms with Crippen LogP contribution in [-0.4, -0.2) is 36.3 Å². The average Bonchev–Trinajstić information content (AvgIpc) is 2.64. The van der Waals surface area contributed by atoms with Gasteiger partial charge in [-0.15, -0.1) is 0 Å². The molecule has 0 saturated carbocycles. The van der Waals surface area contributed by atoms with E-state index in [-0.39, 0.29) is 18.4 Å². The largest absolute Gasteiger partial charge is 0.325 e. The zero-order chi connectivity index (χ0) is 20.0. The lowest BCUT2D eigenvalue weighted by Crippen LogP contribution is -2.43. The van der Waals surface area contributed by atoms with Crippen LogP contribution in [0.15, 0.2) is 42.5 Å². The van der Waals surface area contributed by atoms with E-state index < -0.39 is 6.04 Å². The van der Waals surface area contributed by atoms with Crippen LogP contribution in [-0.2, 0) is 9.59 Å². The molecule has 0 aliphatic carbocycles. The van der Waals surface area contributed by atoms with Crippen molar-refractivity contribution in [3.63, 3.8) is 0 Å². The van der Waals surface area contributed by atoms with Crippen LogP contribution in [0.25, 0.3) is 0 Å². The molecule has 27 heavy (non-hydrogen) atoms. The molecule has 0 aromatic heterocycles. The molecule has 1 atom stereocenters. The van der Waals surface area contributed by atoms with Gasteiger partial charge in [0.2, 0.25) is 11.8 Å². The van der Waals surface area contributed by atoms with Gasteiger partial charge in [0.1, 0.15) is 0 Å². The van der Waals surface area contributed by atoms with Gasteiger partial charge in [-0.3, -0.25) is 14.5 Å². The minimum absolute atomic E-state index is 0.00701. The summed E-state index contributed by atoms with van der Waals surface area (Å²) in [5.74, 6) is -0.572. The van der Waals surface area contributed by atoms with Crippen LogP contribution in [0.4, 0.5) is 11.4 Å². The van der Waals surface area contributed by atoms with Gasteiger partial charge in [0.25, 0.3) is 0 Å². The Bertz CT molecular complexity index is 896. The highest BCUT2D eigenvalue weighted by Gasteiger charge is 2.20. The second-order valence-corrected chi connectivity index (χ2v) is 6.76. The molecule has 2 aromatic rings. The summed E-state index contributed by atoms with van der Waals surface area (Å²) in [5.41, 5.74) is 1.50. The third kappa shape index (κ3) is 5.97. The predicted molar refractivity (Wildman–Crippen MR) is 107 cm³/mol. The third-order valence-corrected chi connectivity index (χ3v) is 4.64. The lowest BCUT2D eigenvalue weighted by Gasteiger charge is -2.23. The number of amides is 2. The first-order chi connectivity index (χ1) is 12.8. The molecule has 0 aliphatic rings. The lowest BCUT2D eigenvalue weighted by molar-refractivity contribution is -0.122. The molecule has 0 bridgehead atoms. The van der Waals surface area contributed by atoms with Gasteiger partial charge in [0.15, 0.2) is 0 Å². The molecule has 0 saturated heterocycles. The number of hydrogen-bond acceptors (Lipinski definition) is 4. The Morgan fingerprint density at radius 3 is 2.48 bits per heavy atom. The molecule has 0 unspecified atom stereocenters. The number of carbonyl (C=O) groups excluding carboxylic acids is 2. The molecule has 140 valence electrons.